The molecule has 0 radical (unpaired) electrons. The van der Waals surface area contributed by atoms with E-state index >= 15 is 0 Å². The average Bonchev–Trinajstić information content (AvgIpc) is 2.95. The molecule has 1 N–H and O–H groups in total. The van der Waals surface area contributed by atoms with Crippen LogP contribution in [0.3, 0.4) is 0 Å². The van der Waals surface area contributed by atoms with Crippen LogP contribution in [0.5, 0.6) is 0 Å². The maximum Gasteiger partial charge on any atom is 0.158 e. The first-order valence-electron chi connectivity index (χ1n) is 8.73. The van der Waals surface area contributed by atoms with E-state index in [9.17, 15) is 5.11 Å². The fourth-order valence-electron chi connectivity index (χ4n) is 2.83. The molecule has 2 rings (SSSR count). The van der Waals surface area contributed by atoms with Gasteiger partial charge in [0.2, 0.25) is 0 Å². The van der Waals surface area contributed by atoms with E-state index in [4.69, 9.17) is 14.2 Å². The van der Waals surface area contributed by atoms with Crippen molar-refractivity contribution in [3.63, 3.8) is 0 Å². The molecule has 132 valence electrons. The molecule has 1 aromatic carbocycles. The number of ether oxygens (including phenoxy) is 3. The summed E-state index contributed by atoms with van der Waals surface area (Å²) in [7, 11) is 0. The van der Waals surface area contributed by atoms with Crippen LogP contribution in [0.25, 0.3) is 0 Å². The van der Waals surface area contributed by atoms with Gasteiger partial charge >= 0.3 is 0 Å². The molecule has 0 amide bonds. The zero-order chi connectivity index (χ0) is 17.2. The van der Waals surface area contributed by atoms with E-state index < -0.39 is 6.10 Å². The number of benzene rings is 1. The molecule has 1 fully saturated rings. The predicted molar refractivity (Wildman–Crippen MR) is 93.2 cm³/mol. The number of hydrogen-bond acceptors (Lipinski definition) is 4. The van der Waals surface area contributed by atoms with Crippen molar-refractivity contribution < 1.29 is 19.3 Å². The van der Waals surface area contributed by atoms with Crippen LogP contribution >= 0.6 is 0 Å². The monoisotopic (exact) mass is 332 g/mol. The molecular formula is C20H28O4. The normalized spacial score (nSPS) is 24.4. The molecule has 1 aromatic rings. The predicted octanol–water partition coefficient (Wildman–Crippen LogP) is 3.14. The second kappa shape index (κ2) is 10.5. The molecule has 0 aromatic heterocycles. The number of rotatable bonds is 8. The Hall–Kier alpha value is -1.38. The van der Waals surface area contributed by atoms with Gasteiger partial charge in [-0.3, -0.25) is 0 Å². The topological polar surface area (TPSA) is 47.9 Å². The van der Waals surface area contributed by atoms with Crippen LogP contribution in [-0.2, 0) is 20.8 Å². The van der Waals surface area contributed by atoms with E-state index in [0.717, 1.165) is 12.0 Å². The Balaban J connectivity index is 1.60. The molecule has 1 unspecified atom stereocenters. The Morgan fingerprint density at radius 3 is 2.83 bits per heavy atom. The van der Waals surface area contributed by atoms with Crippen molar-refractivity contribution in [1.29, 1.82) is 0 Å². The average molecular weight is 332 g/mol. The molecule has 0 saturated carbocycles. The Morgan fingerprint density at radius 1 is 1.29 bits per heavy atom. The van der Waals surface area contributed by atoms with E-state index in [0.29, 0.717) is 32.7 Å². The van der Waals surface area contributed by atoms with Crippen LogP contribution in [-0.4, -0.2) is 36.8 Å². The molecule has 24 heavy (non-hydrogen) atoms. The highest BCUT2D eigenvalue weighted by Gasteiger charge is 2.36. The molecule has 1 saturated heterocycles. The summed E-state index contributed by atoms with van der Waals surface area (Å²) in [5.74, 6) is 6.37. The zero-order valence-corrected chi connectivity index (χ0v) is 14.6. The summed E-state index contributed by atoms with van der Waals surface area (Å²) < 4.78 is 16.8. The molecular weight excluding hydrogens is 304 g/mol. The highest BCUT2D eigenvalue weighted by molar-refractivity contribution is 5.13. The molecule has 1 heterocycles. The smallest absolute Gasteiger partial charge is 0.158 e. The van der Waals surface area contributed by atoms with Gasteiger partial charge in [-0.05, 0) is 18.4 Å². The molecule has 1 aliphatic heterocycles. The van der Waals surface area contributed by atoms with Gasteiger partial charge in [-0.2, -0.15) is 0 Å². The summed E-state index contributed by atoms with van der Waals surface area (Å²) in [6, 6.07) is 10.1. The minimum atomic E-state index is -0.566. The van der Waals surface area contributed by atoms with Gasteiger partial charge in [0.1, 0.15) is 0 Å². The molecule has 4 atom stereocenters. The molecule has 0 bridgehead atoms. The van der Waals surface area contributed by atoms with Crippen molar-refractivity contribution in [2.45, 2.75) is 58.2 Å². The van der Waals surface area contributed by atoms with Crippen molar-refractivity contribution in [3.05, 3.63) is 35.9 Å². The van der Waals surface area contributed by atoms with Crippen LogP contribution in [0.15, 0.2) is 30.3 Å². The summed E-state index contributed by atoms with van der Waals surface area (Å²) >= 11 is 0. The van der Waals surface area contributed by atoms with E-state index in [-0.39, 0.29) is 18.3 Å². The quantitative estimate of drug-likeness (QED) is 0.587. The van der Waals surface area contributed by atoms with Gasteiger partial charge < -0.3 is 19.3 Å². The highest BCUT2D eigenvalue weighted by atomic mass is 16.7. The van der Waals surface area contributed by atoms with Gasteiger partial charge in [-0.15, -0.1) is 11.8 Å². The number of aliphatic hydroxyl groups is 1. The lowest BCUT2D eigenvalue weighted by atomic mass is 9.97. The third kappa shape index (κ3) is 6.26. The molecule has 1 aliphatic rings. The van der Waals surface area contributed by atoms with E-state index in [1.54, 1.807) is 0 Å². The number of aliphatic hydroxyl groups excluding tert-OH is 1. The first kappa shape index (κ1) is 19.0. The van der Waals surface area contributed by atoms with Crippen LogP contribution in [0.4, 0.5) is 0 Å². The summed E-state index contributed by atoms with van der Waals surface area (Å²) in [6.07, 6.45) is 0.975. The summed E-state index contributed by atoms with van der Waals surface area (Å²) in [4.78, 5) is 0. The van der Waals surface area contributed by atoms with Crippen molar-refractivity contribution in [2.75, 3.05) is 13.2 Å². The van der Waals surface area contributed by atoms with Crippen LogP contribution in [0, 0.1) is 17.8 Å². The van der Waals surface area contributed by atoms with E-state index in [2.05, 4.69) is 18.8 Å². The van der Waals surface area contributed by atoms with Crippen molar-refractivity contribution in [2.24, 2.45) is 5.92 Å². The van der Waals surface area contributed by atoms with Gasteiger partial charge in [0.05, 0.1) is 25.4 Å². The lowest BCUT2D eigenvalue weighted by Crippen LogP contribution is -2.30. The number of hydrogen-bond donors (Lipinski definition) is 1. The largest absolute Gasteiger partial charge is 0.389 e. The van der Waals surface area contributed by atoms with Gasteiger partial charge in [0.15, 0.2) is 6.29 Å². The Bertz CT molecular complexity index is 519. The van der Waals surface area contributed by atoms with Crippen LogP contribution < -0.4 is 0 Å². The Labute approximate surface area is 145 Å². The third-order valence-electron chi connectivity index (χ3n) is 4.08. The fourth-order valence-corrected chi connectivity index (χ4v) is 2.83. The summed E-state index contributed by atoms with van der Waals surface area (Å²) in [5, 5.41) is 10.2. The van der Waals surface area contributed by atoms with Gasteiger partial charge in [0.25, 0.3) is 0 Å². The first-order valence-corrected chi connectivity index (χ1v) is 8.73. The standard InChI is InChI=1S/C20H28O4/c1-3-23-19-14-16(2)20(24-19)18(21)12-8-5-9-13-22-15-17-10-6-4-7-11-17/h4,6-7,10-11,16,18-21H,3,9,12-15H2,1-2H3/t16-,18-,19?,20-/m1/s1. The van der Waals surface area contributed by atoms with E-state index in [1.807, 2.05) is 37.3 Å². The van der Waals surface area contributed by atoms with Gasteiger partial charge in [0, 0.05) is 25.9 Å². The van der Waals surface area contributed by atoms with E-state index in [1.165, 1.54) is 0 Å². The zero-order valence-electron chi connectivity index (χ0n) is 14.6. The van der Waals surface area contributed by atoms with Gasteiger partial charge in [-0.1, -0.05) is 37.3 Å². The molecule has 4 heteroatoms. The van der Waals surface area contributed by atoms with Crippen molar-refractivity contribution in [1.82, 2.24) is 0 Å². The Kier molecular flexibility index (Phi) is 8.27. The first-order chi connectivity index (χ1) is 11.7. The molecule has 0 spiro atoms. The minimum Gasteiger partial charge on any atom is -0.389 e. The lowest BCUT2D eigenvalue weighted by Gasteiger charge is -2.19. The fraction of sp³-hybridized carbons (Fsp3) is 0.600. The lowest BCUT2D eigenvalue weighted by molar-refractivity contribution is -0.152. The van der Waals surface area contributed by atoms with Crippen LogP contribution in [0.2, 0.25) is 0 Å². The molecule has 4 nitrogen and oxygen atoms in total. The van der Waals surface area contributed by atoms with Gasteiger partial charge in [-0.25, -0.2) is 0 Å². The second-order valence-corrected chi connectivity index (χ2v) is 6.11. The van der Waals surface area contributed by atoms with Crippen LogP contribution in [0.1, 0.15) is 38.7 Å². The van der Waals surface area contributed by atoms with Crippen molar-refractivity contribution >= 4 is 0 Å². The molecule has 0 aliphatic carbocycles. The SMILES string of the molecule is CCOC1C[C@@H](C)[C@H]([C@H](O)CC#CCCOCc2ccccc2)O1. The maximum atomic E-state index is 10.2. The summed E-state index contributed by atoms with van der Waals surface area (Å²) in [5.41, 5.74) is 1.16. The Morgan fingerprint density at radius 2 is 2.08 bits per heavy atom. The second-order valence-electron chi connectivity index (χ2n) is 6.11. The minimum absolute atomic E-state index is 0.190. The van der Waals surface area contributed by atoms with Crippen molar-refractivity contribution in [3.8, 4) is 11.8 Å². The summed E-state index contributed by atoms with van der Waals surface area (Å²) in [6.45, 7) is 5.86. The maximum absolute atomic E-state index is 10.2. The third-order valence-corrected chi connectivity index (χ3v) is 4.08. The highest BCUT2D eigenvalue weighted by Crippen LogP contribution is 2.29.